The molecule has 0 fully saturated rings. The Morgan fingerprint density at radius 1 is 1.22 bits per heavy atom. The fraction of sp³-hybridized carbons (Fsp3) is 0.467. The van der Waals surface area contributed by atoms with Crippen LogP contribution in [0.2, 0.25) is 0 Å². The number of sulfonamides is 1. The molecule has 3 N–H and O–H groups in total. The van der Waals surface area contributed by atoms with Crippen molar-refractivity contribution in [2.75, 3.05) is 6.54 Å². The van der Waals surface area contributed by atoms with Crippen molar-refractivity contribution >= 4 is 21.9 Å². The Morgan fingerprint density at radius 3 is 2.35 bits per heavy atom. The van der Waals surface area contributed by atoms with Crippen LogP contribution in [0, 0.1) is 0 Å². The van der Waals surface area contributed by atoms with Crippen LogP contribution in [0.25, 0.3) is 0 Å². The first-order valence-corrected chi connectivity index (χ1v) is 8.82. The molecule has 0 aliphatic carbocycles. The fourth-order valence-electron chi connectivity index (χ4n) is 1.98. The van der Waals surface area contributed by atoms with Crippen molar-refractivity contribution in [2.45, 2.75) is 44.0 Å². The molecule has 8 heteroatoms. The molecule has 0 aliphatic rings. The highest BCUT2D eigenvalue weighted by molar-refractivity contribution is 7.89. The molecule has 1 unspecified atom stereocenters. The maximum absolute atomic E-state index is 11.9. The van der Waals surface area contributed by atoms with E-state index >= 15 is 0 Å². The van der Waals surface area contributed by atoms with Crippen LogP contribution in [0.5, 0.6) is 0 Å². The van der Waals surface area contributed by atoms with Gasteiger partial charge in [0.05, 0.1) is 11.3 Å². The first-order valence-electron chi connectivity index (χ1n) is 7.34. The standard InChI is InChI=1S/C15H22N2O5S/c1-3-16-23(21,22)13-7-5-12(6-8-13)10-14(18)17-11(2)4-9-15(19)20/h5-8,11,16H,3-4,9-10H2,1-2H3,(H,17,18)(H,19,20). The van der Waals surface area contributed by atoms with Gasteiger partial charge < -0.3 is 10.4 Å². The van der Waals surface area contributed by atoms with Crippen molar-refractivity contribution in [1.29, 1.82) is 0 Å². The van der Waals surface area contributed by atoms with Crippen LogP contribution < -0.4 is 10.0 Å². The number of hydrogen-bond donors (Lipinski definition) is 3. The van der Waals surface area contributed by atoms with Crippen LogP contribution in [-0.4, -0.2) is 38.0 Å². The van der Waals surface area contributed by atoms with Gasteiger partial charge in [0.15, 0.2) is 0 Å². The highest BCUT2D eigenvalue weighted by atomic mass is 32.2. The third-order valence-corrected chi connectivity index (χ3v) is 4.69. The first kappa shape index (κ1) is 19.1. The van der Waals surface area contributed by atoms with Crippen molar-refractivity contribution < 1.29 is 23.1 Å². The van der Waals surface area contributed by atoms with Crippen LogP contribution in [-0.2, 0) is 26.0 Å². The molecule has 0 radical (unpaired) electrons. The minimum atomic E-state index is -3.50. The van der Waals surface area contributed by atoms with Gasteiger partial charge in [0.25, 0.3) is 0 Å². The molecule has 1 atom stereocenters. The molecule has 0 spiro atoms. The van der Waals surface area contributed by atoms with Crippen LogP contribution in [0.4, 0.5) is 0 Å². The molecule has 0 aromatic heterocycles. The van der Waals surface area contributed by atoms with Gasteiger partial charge in [0, 0.05) is 19.0 Å². The predicted molar refractivity (Wildman–Crippen MR) is 85.5 cm³/mol. The summed E-state index contributed by atoms with van der Waals surface area (Å²) >= 11 is 0. The summed E-state index contributed by atoms with van der Waals surface area (Å²) in [6, 6.07) is 5.85. The Morgan fingerprint density at radius 2 is 1.83 bits per heavy atom. The maximum atomic E-state index is 11.9. The Hall–Kier alpha value is -1.93. The number of benzene rings is 1. The molecule has 1 aromatic carbocycles. The number of hydrogen-bond acceptors (Lipinski definition) is 4. The third-order valence-electron chi connectivity index (χ3n) is 3.13. The summed E-state index contributed by atoms with van der Waals surface area (Å²) in [5, 5.41) is 11.3. The van der Waals surface area contributed by atoms with Gasteiger partial charge in [-0.15, -0.1) is 0 Å². The topological polar surface area (TPSA) is 113 Å². The number of carbonyl (C=O) groups is 2. The smallest absolute Gasteiger partial charge is 0.303 e. The lowest BCUT2D eigenvalue weighted by Crippen LogP contribution is -2.34. The lowest BCUT2D eigenvalue weighted by molar-refractivity contribution is -0.137. The van der Waals surface area contributed by atoms with E-state index in [9.17, 15) is 18.0 Å². The number of amides is 1. The van der Waals surface area contributed by atoms with Crippen LogP contribution in [0.1, 0.15) is 32.3 Å². The summed E-state index contributed by atoms with van der Waals surface area (Å²) in [6.45, 7) is 3.75. The Balaban J connectivity index is 2.58. The van der Waals surface area contributed by atoms with E-state index in [1.54, 1.807) is 26.0 Å². The monoisotopic (exact) mass is 342 g/mol. The van der Waals surface area contributed by atoms with E-state index in [-0.39, 0.29) is 29.7 Å². The number of aliphatic carboxylic acids is 1. The lowest BCUT2D eigenvalue weighted by atomic mass is 10.1. The molecule has 7 nitrogen and oxygen atoms in total. The van der Waals surface area contributed by atoms with Gasteiger partial charge in [-0.05, 0) is 31.0 Å². The van der Waals surface area contributed by atoms with Crippen molar-refractivity contribution in [3.05, 3.63) is 29.8 Å². The quantitative estimate of drug-likeness (QED) is 0.617. The van der Waals surface area contributed by atoms with E-state index in [1.165, 1.54) is 12.1 Å². The highest BCUT2D eigenvalue weighted by Crippen LogP contribution is 2.11. The maximum Gasteiger partial charge on any atom is 0.303 e. The molecule has 0 saturated carbocycles. The molecular weight excluding hydrogens is 320 g/mol. The Bertz CT molecular complexity index is 640. The molecule has 1 aromatic rings. The number of carboxylic acid groups (broad SMARTS) is 1. The zero-order valence-electron chi connectivity index (χ0n) is 13.2. The fourth-order valence-corrected chi connectivity index (χ4v) is 3.02. The van der Waals surface area contributed by atoms with Gasteiger partial charge in [-0.1, -0.05) is 19.1 Å². The molecule has 0 aliphatic heterocycles. The van der Waals surface area contributed by atoms with Gasteiger partial charge in [-0.2, -0.15) is 0 Å². The minimum Gasteiger partial charge on any atom is -0.481 e. The normalized spacial score (nSPS) is 12.6. The summed E-state index contributed by atoms with van der Waals surface area (Å²) in [6.07, 6.45) is 0.471. The average Bonchev–Trinajstić information content (AvgIpc) is 2.45. The summed E-state index contributed by atoms with van der Waals surface area (Å²) in [4.78, 5) is 22.5. The second-order valence-corrected chi connectivity index (χ2v) is 6.99. The van der Waals surface area contributed by atoms with Gasteiger partial charge in [-0.25, -0.2) is 13.1 Å². The molecule has 0 saturated heterocycles. The lowest BCUT2D eigenvalue weighted by Gasteiger charge is -2.13. The van der Waals surface area contributed by atoms with Crippen molar-refractivity contribution in [2.24, 2.45) is 0 Å². The molecule has 1 rings (SSSR count). The number of carbonyl (C=O) groups excluding carboxylic acids is 1. The SMILES string of the molecule is CCNS(=O)(=O)c1ccc(CC(=O)NC(C)CCC(=O)O)cc1. The molecule has 128 valence electrons. The van der Waals surface area contributed by atoms with Gasteiger partial charge in [0.2, 0.25) is 15.9 Å². The van der Waals surface area contributed by atoms with E-state index in [0.717, 1.165) is 0 Å². The van der Waals surface area contributed by atoms with Crippen molar-refractivity contribution in [1.82, 2.24) is 10.0 Å². The Labute approximate surface area is 136 Å². The summed E-state index contributed by atoms with van der Waals surface area (Å²) < 4.78 is 26.0. The molecule has 0 bridgehead atoms. The summed E-state index contributed by atoms with van der Waals surface area (Å²) in [7, 11) is -3.50. The van der Waals surface area contributed by atoms with Gasteiger partial charge in [0.1, 0.15) is 0 Å². The molecular formula is C15H22N2O5S. The van der Waals surface area contributed by atoms with Crippen LogP contribution in [0.3, 0.4) is 0 Å². The Kier molecular flexibility index (Phi) is 7.18. The van der Waals surface area contributed by atoms with Crippen molar-refractivity contribution in [3.8, 4) is 0 Å². The van der Waals surface area contributed by atoms with Crippen LogP contribution >= 0.6 is 0 Å². The third kappa shape index (κ3) is 6.79. The van der Waals surface area contributed by atoms with E-state index < -0.39 is 16.0 Å². The molecule has 0 heterocycles. The zero-order valence-corrected chi connectivity index (χ0v) is 14.0. The number of nitrogens with one attached hydrogen (secondary N) is 2. The van der Waals surface area contributed by atoms with E-state index in [0.29, 0.717) is 18.5 Å². The zero-order chi connectivity index (χ0) is 17.5. The summed E-state index contributed by atoms with van der Waals surface area (Å²) in [5.74, 6) is -1.13. The largest absolute Gasteiger partial charge is 0.481 e. The van der Waals surface area contributed by atoms with Crippen molar-refractivity contribution in [3.63, 3.8) is 0 Å². The van der Waals surface area contributed by atoms with E-state index in [1.807, 2.05) is 0 Å². The average molecular weight is 342 g/mol. The van der Waals surface area contributed by atoms with Crippen LogP contribution in [0.15, 0.2) is 29.2 Å². The molecule has 23 heavy (non-hydrogen) atoms. The number of carboxylic acids is 1. The summed E-state index contributed by atoms with van der Waals surface area (Å²) in [5.41, 5.74) is 0.684. The molecule has 1 amide bonds. The second-order valence-electron chi connectivity index (χ2n) is 5.22. The van der Waals surface area contributed by atoms with E-state index in [4.69, 9.17) is 5.11 Å². The van der Waals surface area contributed by atoms with E-state index in [2.05, 4.69) is 10.0 Å². The highest BCUT2D eigenvalue weighted by Gasteiger charge is 2.13. The predicted octanol–water partition coefficient (Wildman–Crippen LogP) is 0.897. The van der Waals surface area contributed by atoms with Gasteiger partial charge in [-0.3, -0.25) is 9.59 Å². The van der Waals surface area contributed by atoms with Gasteiger partial charge >= 0.3 is 5.97 Å². The number of rotatable bonds is 9. The first-order chi connectivity index (χ1) is 10.7. The second kappa shape index (κ2) is 8.64. The minimum absolute atomic E-state index is 0.00156.